The molecule has 1 aliphatic heterocycles. The topological polar surface area (TPSA) is 75.4 Å². The second kappa shape index (κ2) is 6.82. The van der Waals surface area contributed by atoms with Crippen LogP contribution in [0.2, 0.25) is 0 Å². The number of hydrogen-bond donors (Lipinski definition) is 0. The summed E-state index contributed by atoms with van der Waals surface area (Å²) >= 11 is 0. The first-order valence-electron chi connectivity index (χ1n) is 8.98. The van der Waals surface area contributed by atoms with Crippen LogP contribution in [0.1, 0.15) is 31.5 Å². The zero-order chi connectivity index (χ0) is 17.2. The van der Waals surface area contributed by atoms with E-state index in [4.69, 9.17) is 4.52 Å². The van der Waals surface area contributed by atoms with E-state index in [2.05, 4.69) is 15.1 Å². The standard InChI is InChI=1S/C18H23N5O2/c1-13-20-18(25-21-13)15-6-7-19-16(10-15)22-8-9-23(17(24)12-22)11-14-4-2-3-5-14/h6-7,10,14H,2-5,8-9,11-12H2,1H3. The minimum atomic E-state index is 0.194. The van der Waals surface area contributed by atoms with Crippen molar-refractivity contribution in [3.8, 4) is 11.5 Å². The average Bonchev–Trinajstić information content (AvgIpc) is 3.28. The highest BCUT2D eigenvalue weighted by molar-refractivity contribution is 5.82. The van der Waals surface area contributed by atoms with Crippen LogP contribution >= 0.6 is 0 Å². The molecule has 132 valence electrons. The molecule has 0 N–H and O–H groups in total. The molecule has 7 heteroatoms. The van der Waals surface area contributed by atoms with Gasteiger partial charge in [0.05, 0.1) is 6.54 Å². The molecular weight excluding hydrogens is 318 g/mol. The van der Waals surface area contributed by atoms with Crippen molar-refractivity contribution in [2.45, 2.75) is 32.6 Å². The summed E-state index contributed by atoms with van der Waals surface area (Å²) in [4.78, 5) is 25.3. The summed E-state index contributed by atoms with van der Waals surface area (Å²) in [5.74, 6) is 2.75. The van der Waals surface area contributed by atoms with Crippen molar-refractivity contribution in [2.24, 2.45) is 5.92 Å². The molecule has 0 bridgehead atoms. The molecule has 1 amide bonds. The van der Waals surface area contributed by atoms with Crippen LogP contribution in [0.5, 0.6) is 0 Å². The van der Waals surface area contributed by atoms with E-state index in [-0.39, 0.29) is 5.91 Å². The predicted molar refractivity (Wildman–Crippen MR) is 93.0 cm³/mol. The molecule has 25 heavy (non-hydrogen) atoms. The molecule has 7 nitrogen and oxygen atoms in total. The van der Waals surface area contributed by atoms with Crippen molar-refractivity contribution in [1.29, 1.82) is 0 Å². The lowest BCUT2D eigenvalue weighted by molar-refractivity contribution is -0.131. The number of nitrogens with zero attached hydrogens (tertiary/aromatic N) is 5. The Morgan fingerprint density at radius 2 is 2.12 bits per heavy atom. The van der Waals surface area contributed by atoms with Gasteiger partial charge in [0.2, 0.25) is 5.91 Å². The van der Waals surface area contributed by atoms with Crippen LogP contribution in [0.4, 0.5) is 5.82 Å². The van der Waals surface area contributed by atoms with E-state index in [9.17, 15) is 4.79 Å². The first kappa shape index (κ1) is 16.1. The lowest BCUT2D eigenvalue weighted by Gasteiger charge is -2.36. The molecule has 0 atom stereocenters. The van der Waals surface area contributed by atoms with E-state index in [1.54, 1.807) is 13.1 Å². The van der Waals surface area contributed by atoms with Crippen LogP contribution in [0, 0.1) is 12.8 Å². The first-order valence-corrected chi connectivity index (χ1v) is 8.98. The lowest BCUT2D eigenvalue weighted by atomic mass is 10.1. The number of aryl methyl sites for hydroxylation is 1. The van der Waals surface area contributed by atoms with Crippen LogP contribution in [-0.2, 0) is 4.79 Å². The average molecular weight is 341 g/mol. The summed E-state index contributed by atoms with van der Waals surface area (Å²) < 4.78 is 5.22. The second-order valence-electron chi connectivity index (χ2n) is 6.96. The number of carbonyl (C=O) groups excluding carboxylic acids is 1. The minimum absolute atomic E-state index is 0.194. The number of aromatic nitrogens is 3. The maximum Gasteiger partial charge on any atom is 0.258 e. The Morgan fingerprint density at radius 3 is 2.84 bits per heavy atom. The summed E-state index contributed by atoms with van der Waals surface area (Å²) in [7, 11) is 0. The van der Waals surface area contributed by atoms with E-state index in [0.717, 1.165) is 31.0 Å². The smallest absolute Gasteiger partial charge is 0.258 e. The Labute approximate surface area is 147 Å². The van der Waals surface area contributed by atoms with Gasteiger partial charge in [0.25, 0.3) is 5.89 Å². The van der Waals surface area contributed by atoms with E-state index < -0.39 is 0 Å². The van der Waals surface area contributed by atoms with Crippen LogP contribution in [-0.4, -0.2) is 52.1 Å². The first-order chi connectivity index (χ1) is 12.2. The number of carbonyl (C=O) groups is 1. The molecule has 2 aromatic rings. The van der Waals surface area contributed by atoms with Crippen LogP contribution in [0.25, 0.3) is 11.5 Å². The Bertz CT molecular complexity index is 753. The molecule has 0 unspecified atom stereocenters. The Balaban J connectivity index is 1.44. The summed E-state index contributed by atoms with van der Waals surface area (Å²) in [6.07, 6.45) is 6.87. The molecule has 2 aliphatic rings. The maximum absolute atomic E-state index is 12.5. The van der Waals surface area contributed by atoms with E-state index in [1.807, 2.05) is 21.9 Å². The zero-order valence-electron chi connectivity index (χ0n) is 14.5. The molecule has 0 spiro atoms. The minimum Gasteiger partial charge on any atom is -0.346 e. The lowest BCUT2D eigenvalue weighted by Crippen LogP contribution is -2.51. The summed E-state index contributed by atoms with van der Waals surface area (Å²) in [6, 6.07) is 3.75. The normalized spacial score (nSPS) is 19.0. The second-order valence-corrected chi connectivity index (χ2v) is 6.96. The van der Waals surface area contributed by atoms with Gasteiger partial charge < -0.3 is 14.3 Å². The number of piperazine rings is 1. The monoisotopic (exact) mass is 341 g/mol. The van der Waals surface area contributed by atoms with Crippen LogP contribution in [0.15, 0.2) is 22.9 Å². The van der Waals surface area contributed by atoms with Gasteiger partial charge in [-0.25, -0.2) is 4.98 Å². The summed E-state index contributed by atoms with van der Waals surface area (Å²) in [6.45, 7) is 4.66. The van der Waals surface area contributed by atoms with Crippen molar-refractivity contribution in [2.75, 3.05) is 31.1 Å². The molecular formula is C18H23N5O2. The molecule has 1 saturated carbocycles. The fraction of sp³-hybridized carbons (Fsp3) is 0.556. The van der Waals surface area contributed by atoms with Crippen molar-refractivity contribution in [3.63, 3.8) is 0 Å². The van der Waals surface area contributed by atoms with Gasteiger partial charge in [0, 0.05) is 31.4 Å². The van der Waals surface area contributed by atoms with Gasteiger partial charge in [0.15, 0.2) is 5.82 Å². The van der Waals surface area contributed by atoms with E-state index >= 15 is 0 Å². The maximum atomic E-state index is 12.5. The molecule has 2 aromatic heterocycles. The van der Waals surface area contributed by atoms with Gasteiger partial charge in [-0.1, -0.05) is 18.0 Å². The van der Waals surface area contributed by atoms with Crippen LogP contribution in [0.3, 0.4) is 0 Å². The Kier molecular flexibility index (Phi) is 4.38. The van der Waals surface area contributed by atoms with Gasteiger partial charge in [-0.3, -0.25) is 4.79 Å². The zero-order valence-corrected chi connectivity index (χ0v) is 14.5. The number of anilines is 1. The van der Waals surface area contributed by atoms with Crippen molar-refractivity contribution in [3.05, 3.63) is 24.2 Å². The highest BCUT2D eigenvalue weighted by Crippen LogP contribution is 2.27. The van der Waals surface area contributed by atoms with Gasteiger partial charge >= 0.3 is 0 Å². The van der Waals surface area contributed by atoms with Gasteiger partial charge in [-0.2, -0.15) is 4.98 Å². The number of pyridine rings is 1. The molecule has 0 radical (unpaired) electrons. The van der Waals surface area contributed by atoms with Gasteiger partial charge in [-0.15, -0.1) is 0 Å². The molecule has 3 heterocycles. The molecule has 2 fully saturated rings. The number of hydrogen-bond acceptors (Lipinski definition) is 6. The third-order valence-electron chi connectivity index (χ3n) is 5.12. The van der Waals surface area contributed by atoms with Gasteiger partial charge in [-0.05, 0) is 37.8 Å². The third kappa shape index (κ3) is 3.50. The fourth-order valence-electron chi connectivity index (χ4n) is 3.74. The molecule has 4 rings (SSSR count). The Hall–Kier alpha value is -2.44. The number of rotatable bonds is 4. The largest absolute Gasteiger partial charge is 0.346 e. The SMILES string of the molecule is Cc1noc(-c2ccnc(N3CCN(CC4CCCC4)C(=O)C3)c2)n1. The highest BCUT2D eigenvalue weighted by Gasteiger charge is 2.28. The van der Waals surface area contributed by atoms with E-state index in [1.165, 1.54) is 25.7 Å². The van der Waals surface area contributed by atoms with Crippen molar-refractivity contribution >= 4 is 11.7 Å². The fourth-order valence-corrected chi connectivity index (χ4v) is 3.74. The van der Waals surface area contributed by atoms with Gasteiger partial charge in [0.1, 0.15) is 5.82 Å². The Morgan fingerprint density at radius 1 is 1.28 bits per heavy atom. The third-order valence-corrected chi connectivity index (χ3v) is 5.12. The summed E-state index contributed by atoms with van der Waals surface area (Å²) in [5.41, 5.74) is 0.825. The highest BCUT2D eigenvalue weighted by atomic mass is 16.5. The predicted octanol–water partition coefficient (Wildman–Crippen LogP) is 2.28. The molecule has 1 saturated heterocycles. The van der Waals surface area contributed by atoms with Crippen LogP contribution < -0.4 is 4.90 Å². The number of amides is 1. The quantitative estimate of drug-likeness (QED) is 0.849. The summed E-state index contributed by atoms with van der Waals surface area (Å²) in [5, 5.41) is 3.83. The van der Waals surface area contributed by atoms with E-state index in [0.29, 0.717) is 24.2 Å². The molecule has 0 aromatic carbocycles. The van der Waals surface area contributed by atoms with Crippen molar-refractivity contribution in [1.82, 2.24) is 20.0 Å². The van der Waals surface area contributed by atoms with Crippen molar-refractivity contribution < 1.29 is 9.32 Å². The molecule has 1 aliphatic carbocycles.